The van der Waals surface area contributed by atoms with Gasteiger partial charge in [-0.05, 0) is 37.8 Å². The molecule has 0 spiro atoms. The quantitative estimate of drug-likeness (QED) is 0.795. The second-order valence-corrected chi connectivity index (χ2v) is 5.52. The van der Waals surface area contributed by atoms with E-state index in [2.05, 4.69) is 15.6 Å². The van der Waals surface area contributed by atoms with Gasteiger partial charge in [0.1, 0.15) is 5.69 Å². The van der Waals surface area contributed by atoms with E-state index in [1.807, 2.05) is 6.92 Å². The summed E-state index contributed by atoms with van der Waals surface area (Å²) in [5, 5.41) is 14.4. The lowest BCUT2D eigenvalue weighted by Gasteiger charge is -2.28. The first-order valence-corrected chi connectivity index (χ1v) is 7.33. The lowest BCUT2D eigenvalue weighted by molar-refractivity contribution is 0.0690. The van der Waals surface area contributed by atoms with Crippen LogP contribution < -0.4 is 10.6 Å². The van der Waals surface area contributed by atoms with E-state index < -0.39 is 5.97 Å². The largest absolute Gasteiger partial charge is 0.477 e. The van der Waals surface area contributed by atoms with Gasteiger partial charge in [-0.1, -0.05) is 19.3 Å². The third-order valence-electron chi connectivity index (χ3n) is 3.96. The van der Waals surface area contributed by atoms with Crippen molar-refractivity contribution in [1.82, 2.24) is 10.3 Å². The zero-order valence-electron chi connectivity index (χ0n) is 12.1. The molecule has 21 heavy (non-hydrogen) atoms. The van der Waals surface area contributed by atoms with Gasteiger partial charge in [-0.15, -0.1) is 0 Å². The van der Waals surface area contributed by atoms with Gasteiger partial charge in [0.2, 0.25) is 0 Å². The number of hydrogen-bond acceptors (Lipinski definition) is 3. The van der Waals surface area contributed by atoms with E-state index in [1.165, 1.54) is 37.6 Å². The highest BCUT2D eigenvalue weighted by Crippen LogP contribution is 2.26. The molecule has 3 N–H and O–H groups in total. The van der Waals surface area contributed by atoms with Gasteiger partial charge in [0, 0.05) is 6.04 Å². The van der Waals surface area contributed by atoms with Crippen LogP contribution in [0.2, 0.25) is 0 Å². The summed E-state index contributed by atoms with van der Waals surface area (Å²) in [6.07, 6.45) is 7.43. The Morgan fingerprint density at radius 3 is 2.57 bits per heavy atom. The summed E-state index contributed by atoms with van der Waals surface area (Å²) in [6, 6.07) is 2.75. The van der Waals surface area contributed by atoms with Crippen LogP contribution in [-0.4, -0.2) is 28.1 Å². The van der Waals surface area contributed by atoms with Gasteiger partial charge >= 0.3 is 12.0 Å². The van der Waals surface area contributed by atoms with Crippen LogP contribution in [-0.2, 0) is 0 Å². The standard InChI is InChI=1S/C15H21N3O3/c1-10(11-5-3-2-4-6-11)17-15(21)18-12-7-8-13(14(19)20)16-9-12/h7-11H,2-6H2,1H3,(H,19,20)(H2,17,18,21). The fourth-order valence-electron chi connectivity index (χ4n) is 2.72. The molecule has 1 unspecified atom stereocenters. The van der Waals surface area contributed by atoms with Crippen molar-refractivity contribution in [2.24, 2.45) is 5.92 Å². The SMILES string of the molecule is CC(NC(=O)Nc1ccc(C(=O)O)nc1)C1CCCCC1. The number of carbonyl (C=O) groups is 2. The molecule has 1 heterocycles. The van der Waals surface area contributed by atoms with Crippen LogP contribution in [0.15, 0.2) is 18.3 Å². The molecule has 1 aromatic rings. The van der Waals surface area contributed by atoms with Crippen molar-refractivity contribution in [3.8, 4) is 0 Å². The van der Waals surface area contributed by atoms with Crippen molar-refractivity contribution in [3.63, 3.8) is 0 Å². The molecule has 0 aliphatic heterocycles. The summed E-state index contributed by atoms with van der Waals surface area (Å²) >= 11 is 0. The zero-order chi connectivity index (χ0) is 15.2. The van der Waals surface area contributed by atoms with Crippen molar-refractivity contribution in [2.45, 2.75) is 45.1 Å². The number of aromatic nitrogens is 1. The Hall–Kier alpha value is -2.11. The van der Waals surface area contributed by atoms with E-state index in [9.17, 15) is 9.59 Å². The van der Waals surface area contributed by atoms with Crippen LogP contribution in [0.1, 0.15) is 49.5 Å². The van der Waals surface area contributed by atoms with Gasteiger partial charge in [0.25, 0.3) is 0 Å². The molecule has 6 nitrogen and oxygen atoms in total. The molecule has 1 aromatic heterocycles. The number of carboxylic acids is 1. The maximum absolute atomic E-state index is 11.9. The van der Waals surface area contributed by atoms with Gasteiger partial charge in [-0.25, -0.2) is 14.6 Å². The fraction of sp³-hybridized carbons (Fsp3) is 0.533. The topological polar surface area (TPSA) is 91.3 Å². The maximum Gasteiger partial charge on any atom is 0.354 e. The lowest BCUT2D eigenvalue weighted by atomic mass is 9.85. The number of carboxylic acid groups (broad SMARTS) is 1. The second kappa shape index (κ2) is 7.06. The van der Waals surface area contributed by atoms with E-state index in [1.54, 1.807) is 0 Å². The second-order valence-electron chi connectivity index (χ2n) is 5.52. The molecule has 0 saturated heterocycles. The number of rotatable bonds is 4. The van der Waals surface area contributed by atoms with E-state index in [4.69, 9.17) is 5.11 Å². The summed E-state index contributed by atoms with van der Waals surface area (Å²) in [7, 11) is 0. The number of aromatic carboxylic acids is 1. The summed E-state index contributed by atoms with van der Waals surface area (Å²) < 4.78 is 0. The third-order valence-corrected chi connectivity index (χ3v) is 3.96. The number of anilines is 1. The van der Waals surface area contributed by atoms with E-state index in [0.717, 1.165) is 12.8 Å². The Labute approximate surface area is 124 Å². The minimum Gasteiger partial charge on any atom is -0.477 e. The first-order valence-electron chi connectivity index (χ1n) is 7.33. The lowest BCUT2D eigenvalue weighted by Crippen LogP contribution is -2.41. The highest BCUT2D eigenvalue weighted by molar-refractivity contribution is 5.90. The van der Waals surface area contributed by atoms with E-state index in [0.29, 0.717) is 11.6 Å². The highest BCUT2D eigenvalue weighted by atomic mass is 16.4. The Morgan fingerprint density at radius 2 is 2.00 bits per heavy atom. The smallest absolute Gasteiger partial charge is 0.354 e. The number of pyridine rings is 1. The molecular formula is C15H21N3O3. The van der Waals surface area contributed by atoms with Gasteiger partial charge in [-0.3, -0.25) is 0 Å². The first-order chi connectivity index (χ1) is 10.1. The normalized spacial score (nSPS) is 17.0. The molecule has 0 bridgehead atoms. The van der Waals surface area contributed by atoms with Gasteiger partial charge < -0.3 is 15.7 Å². The fourth-order valence-corrected chi connectivity index (χ4v) is 2.72. The minimum atomic E-state index is -1.09. The summed E-state index contributed by atoms with van der Waals surface area (Å²) in [6.45, 7) is 2.03. The molecule has 0 aromatic carbocycles. The monoisotopic (exact) mass is 291 g/mol. The van der Waals surface area contributed by atoms with Crippen molar-refractivity contribution >= 4 is 17.7 Å². The molecule has 114 valence electrons. The Balaban J connectivity index is 1.84. The Kier molecular flexibility index (Phi) is 5.14. The zero-order valence-corrected chi connectivity index (χ0v) is 12.1. The molecule has 2 amide bonds. The molecule has 0 radical (unpaired) electrons. The number of nitrogens with zero attached hydrogens (tertiary/aromatic N) is 1. The van der Waals surface area contributed by atoms with Gasteiger partial charge in [0.05, 0.1) is 11.9 Å². The van der Waals surface area contributed by atoms with Gasteiger partial charge in [-0.2, -0.15) is 0 Å². The molecule has 1 aliphatic rings. The Morgan fingerprint density at radius 1 is 1.29 bits per heavy atom. The highest BCUT2D eigenvalue weighted by Gasteiger charge is 2.21. The van der Waals surface area contributed by atoms with Gasteiger partial charge in [0.15, 0.2) is 0 Å². The summed E-state index contributed by atoms with van der Waals surface area (Å²) in [5.74, 6) is -0.547. The van der Waals surface area contributed by atoms with Crippen molar-refractivity contribution in [3.05, 3.63) is 24.0 Å². The average molecular weight is 291 g/mol. The first kappa shape index (κ1) is 15.3. The molecule has 6 heteroatoms. The van der Waals surface area contributed by atoms with Crippen LogP contribution >= 0.6 is 0 Å². The number of urea groups is 1. The predicted octanol–water partition coefficient (Wildman–Crippen LogP) is 2.87. The third kappa shape index (κ3) is 4.44. The molecular weight excluding hydrogens is 270 g/mol. The van der Waals surface area contributed by atoms with E-state index in [-0.39, 0.29) is 17.8 Å². The Bertz CT molecular complexity index is 495. The number of amides is 2. The minimum absolute atomic E-state index is 0.0449. The van der Waals surface area contributed by atoms with Crippen LogP contribution in [0.4, 0.5) is 10.5 Å². The van der Waals surface area contributed by atoms with Crippen LogP contribution in [0.3, 0.4) is 0 Å². The van der Waals surface area contributed by atoms with Crippen molar-refractivity contribution in [2.75, 3.05) is 5.32 Å². The molecule has 1 aliphatic carbocycles. The average Bonchev–Trinajstić information content (AvgIpc) is 2.48. The predicted molar refractivity (Wildman–Crippen MR) is 79.4 cm³/mol. The summed E-state index contributed by atoms with van der Waals surface area (Å²) in [4.78, 5) is 26.4. The molecule has 2 rings (SSSR count). The summed E-state index contributed by atoms with van der Waals surface area (Å²) in [5.41, 5.74) is 0.435. The molecule has 1 saturated carbocycles. The van der Waals surface area contributed by atoms with E-state index >= 15 is 0 Å². The van der Waals surface area contributed by atoms with Crippen LogP contribution in [0.5, 0.6) is 0 Å². The van der Waals surface area contributed by atoms with Crippen LogP contribution in [0.25, 0.3) is 0 Å². The van der Waals surface area contributed by atoms with Crippen LogP contribution in [0, 0.1) is 5.92 Å². The molecule has 1 fully saturated rings. The number of carbonyl (C=O) groups excluding carboxylic acids is 1. The molecule has 1 atom stereocenters. The number of nitrogens with one attached hydrogen (secondary N) is 2. The number of hydrogen-bond donors (Lipinski definition) is 3. The van der Waals surface area contributed by atoms with Crippen molar-refractivity contribution in [1.29, 1.82) is 0 Å². The van der Waals surface area contributed by atoms with Crippen molar-refractivity contribution < 1.29 is 14.7 Å². The maximum atomic E-state index is 11.9.